The van der Waals surface area contributed by atoms with Gasteiger partial charge in [0.1, 0.15) is 0 Å². The lowest BCUT2D eigenvalue weighted by molar-refractivity contribution is -0.140. The average Bonchev–Trinajstić information content (AvgIpc) is 2.58. The van der Waals surface area contributed by atoms with Crippen LogP contribution in [0.25, 0.3) is 0 Å². The van der Waals surface area contributed by atoms with E-state index in [2.05, 4.69) is 5.16 Å². The Morgan fingerprint density at radius 3 is 2.74 bits per heavy atom. The van der Waals surface area contributed by atoms with Crippen LogP contribution in [0.15, 0.2) is 17.3 Å². The summed E-state index contributed by atoms with van der Waals surface area (Å²) >= 11 is 6.10. The van der Waals surface area contributed by atoms with E-state index in [9.17, 15) is 4.79 Å². The molecule has 0 spiro atoms. The lowest BCUT2D eigenvalue weighted by atomic mass is 10.2. The number of morpholine rings is 1. The van der Waals surface area contributed by atoms with E-state index in [1.165, 1.54) is 20.4 Å². The molecule has 0 N–H and O–H groups in total. The summed E-state index contributed by atoms with van der Waals surface area (Å²) in [7, 11) is 3.03. The van der Waals surface area contributed by atoms with Crippen LogP contribution in [0.5, 0.6) is 11.5 Å². The van der Waals surface area contributed by atoms with E-state index < -0.39 is 0 Å². The highest BCUT2D eigenvalue weighted by molar-refractivity contribution is 6.32. The van der Waals surface area contributed by atoms with Crippen LogP contribution in [0.3, 0.4) is 0 Å². The third-order valence-corrected chi connectivity index (χ3v) is 3.56. The molecule has 23 heavy (non-hydrogen) atoms. The molecule has 0 aromatic heterocycles. The highest BCUT2D eigenvalue weighted by Gasteiger charge is 2.16. The quantitative estimate of drug-likeness (QED) is 0.579. The second-order valence-corrected chi connectivity index (χ2v) is 5.15. The molecule has 1 aromatic carbocycles. The monoisotopic (exact) mass is 342 g/mol. The molecule has 1 aliphatic rings. The van der Waals surface area contributed by atoms with Gasteiger partial charge in [-0.2, -0.15) is 0 Å². The first kappa shape index (κ1) is 17.4. The largest absolute Gasteiger partial charge is 0.493 e. The van der Waals surface area contributed by atoms with Crippen molar-refractivity contribution in [1.82, 2.24) is 4.90 Å². The number of carbonyl (C=O) groups excluding carboxylic acids is 1. The lowest BCUT2D eigenvalue weighted by Gasteiger charge is -2.26. The highest BCUT2D eigenvalue weighted by atomic mass is 35.5. The van der Waals surface area contributed by atoms with Crippen LogP contribution in [0, 0.1) is 0 Å². The summed E-state index contributed by atoms with van der Waals surface area (Å²) in [6.07, 6.45) is 1.46. The van der Waals surface area contributed by atoms with Gasteiger partial charge in [0, 0.05) is 18.7 Å². The molecule has 0 atom stereocenters. The Balaban J connectivity index is 1.90. The lowest BCUT2D eigenvalue weighted by Crippen LogP contribution is -2.42. The molecule has 8 heteroatoms. The second-order valence-electron chi connectivity index (χ2n) is 4.74. The van der Waals surface area contributed by atoms with Gasteiger partial charge in [0.25, 0.3) is 5.91 Å². The number of halogens is 1. The van der Waals surface area contributed by atoms with Crippen molar-refractivity contribution in [3.63, 3.8) is 0 Å². The van der Waals surface area contributed by atoms with Gasteiger partial charge in [-0.1, -0.05) is 16.8 Å². The van der Waals surface area contributed by atoms with E-state index in [0.717, 1.165) is 0 Å². The van der Waals surface area contributed by atoms with Gasteiger partial charge in [-0.05, 0) is 12.1 Å². The summed E-state index contributed by atoms with van der Waals surface area (Å²) in [4.78, 5) is 18.6. The molecule has 1 fully saturated rings. The maximum absolute atomic E-state index is 11.9. The van der Waals surface area contributed by atoms with Gasteiger partial charge in [-0.15, -0.1) is 0 Å². The predicted octanol–water partition coefficient (Wildman–Crippen LogP) is 1.57. The predicted molar refractivity (Wildman–Crippen MR) is 85.5 cm³/mol. The minimum Gasteiger partial charge on any atom is -0.493 e. The maximum atomic E-state index is 11.9. The summed E-state index contributed by atoms with van der Waals surface area (Å²) in [6.45, 7) is 2.16. The van der Waals surface area contributed by atoms with Crippen LogP contribution in [-0.2, 0) is 14.4 Å². The fraction of sp³-hybridized carbons (Fsp3) is 0.467. The first-order valence-electron chi connectivity index (χ1n) is 7.08. The zero-order valence-electron chi connectivity index (χ0n) is 13.1. The van der Waals surface area contributed by atoms with Gasteiger partial charge in [0.2, 0.25) is 0 Å². The standard InChI is InChI=1S/C15H19ClN2O5/c1-20-13-8-11(7-12(16)15(13)21-2)9-17-23-10-14(19)18-3-5-22-6-4-18/h7-9H,3-6,10H2,1-2H3/b17-9-. The Morgan fingerprint density at radius 1 is 1.35 bits per heavy atom. The highest BCUT2D eigenvalue weighted by Crippen LogP contribution is 2.35. The molecule has 2 rings (SSSR count). The molecular formula is C15H19ClN2O5. The molecule has 1 aromatic rings. The molecular weight excluding hydrogens is 324 g/mol. The van der Waals surface area contributed by atoms with Gasteiger partial charge < -0.3 is 23.9 Å². The van der Waals surface area contributed by atoms with Crippen LogP contribution in [0.2, 0.25) is 5.02 Å². The molecule has 0 radical (unpaired) electrons. The van der Waals surface area contributed by atoms with E-state index in [4.69, 9.17) is 30.6 Å². The Kier molecular flexibility index (Phi) is 6.49. The smallest absolute Gasteiger partial charge is 0.263 e. The van der Waals surface area contributed by atoms with Gasteiger partial charge >= 0.3 is 0 Å². The Hall–Kier alpha value is -1.99. The molecule has 0 saturated carbocycles. The van der Waals surface area contributed by atoms with Crippen molar-refractivity contribution in [2.24, 2.45) is 5.16 Å². The molecule has 1 amide bonds. The summed E-state index contributed by atoms with van der Waals surface area (Å²) in [5.74, 6) is 0.830. The second kappa shape index (κ2) is 8.59. The van der Waals surface area contributed by atoms with Crippen molar-refractivity contribution in [3.8, 4) is 11.5 Å². The van der Waals surface area contributed by atoms with E-state index in [-0.39, 0.29) is 12.5 Å². The fourth-order valence-corrected chi connectivity index (χ4v) is 2.40. The maximum Gasteiger partial charge on any atom is 0.263 e. The number of nitrogens with zero attached hydrogens (tertiary/aromatic N) is 2. The number of oxime groups is 1. The molecule has 1 aliphatic heterocycles. The van der Waals surface area contributed by atoms with Crippen LogP contribution in [0.4, 0.5) is 0 Å². The molecule has 0 aliphatic carbocycles. The normalized spacial score (nSPS) is 14.8. The molecule has 7 nitrogen and oxygen atoms in total. The van der Waals surface area contributed by atoms with Gasteiger partial charge in [0.15, 0.2) is 18.1 Å². The van der Waals surface area contributed by atoms with Crippen LogP contribution < -0.4 is 9.47 Å². The number of ether oxygens (including phenoxy) is 3. The molecule has 1 saturated heterocycles. The number of rotatable bonds is 6. The van der Waals surface area contributed by atoms with E-state index >= 15 is 0 Å². The number of hydrogen-bond donors (Lipinski definition) is 0. The number of hydrogen-bond acceptors (Lipinski definition) is 6. The third-order valence-electron chi connectivity index (χ3n) is 3.28. The van der Waals surface area contributed by atoms with E-state index in [0.29, 0.717) is 48.4 Å². The van der Waals surface area contributed by atoms with Gasteiger partial charge in [-0.25, -0.2) is 0 Å². The van der Waals surface area contributed by atoms with Crippen molar-refractivity contribution in [2.45, 2.75) is 0 Å². The number of amides is 1. The number of benzene rings is 1. The van der Waals surface area contributed by atoms with Crippen LogP contribution in [0.1, 0.15) is 5.56 Å². The van der Waals surface area contributed by atoms with Crippen LogP contribution >= 0.6 is 11.6 Å². The molecule has 0 bridgehead atoms. The van der Waals surface area contributed by atoms with Gasteiger partial charge in [-0.3, -0.25) is 4.79 Å². The SMILES string of the molecule is COc1cc(/C=N\OCC(=O)N2CCOCC2)cc(Cl)c1OC. The third kappa shape index (κ3) is 4.74. The Bertz CT molecular complexity index is 573. The summed E-state index contributed by atoms with van der Waals surface area (Å²) in [6, 6.07) is 3.38. The van der Waals surface area contributed by atoms with Crippen LogP contribution in [-0.4, -0.2) is 64.2 Å². The van der Waals surface area contributed by atoms with Crippen molar-refractivity contribution < 1.29 is 23.8 Å². The first-order valence-corrected chi connectivity index (χ1v) is 7.46. The molecule has 126 valence electrons. The number of carbonyl (C=O) groups is 1. The minimum atomic E-state index is -0.115. The zero-order chi connectivity index (χ0) is 16.7. The minimum absolute atomic E-state index is 0.114. The van der Waals surface area contributed by atoms with E-state index in [1.807, 2.05) is 0 Å². The topological polar surface area (TPSA) is 69.6 Å². The first-order chi connectivity index (χ1) is 11.2. The summed E-state index contributed by atoms with van der Waals surface area (Å²) in [5, 5.41) is 4.19. The van der Waals surface area contributed by atoms with Crippen molar-refractivity contribution in [2.75, 3.05) is 47.1 Å². The summed E-state index contributed by atoms with van der Waals surface area (Å²) < 4.78 is 15.5. The zero-order valence-corrected chi connectivity index (χ0v) is 13.8. The van der Waals surface area contributed by atoms with Crippen molar-refractivity contribution >= 4 is 23.7 Å². The number of methoxy groups -OCH3 is 2. The average molecular weight is 343 g/mol. The van der Waals surface area contributed by atoms with Crippen molar-refractivity contribution in [3.05, 3.63) is 22.7 Å². The molecule has 1 heterocycles. The fourth-order valence-electron chi connectivity index (χ4n) is 2.11. The Morgan fingerprint density at radius 2 is 2.09 bits per heavy atom. The molecule has 0 unspecified atom stereocenters. The van der Waals surface area contributed by atoms with E-state index in [1.54, 1.807) is 17.0 Å². The van der Waals surface area contributed by atoms with Gasteiger partial charge in [0.05, 0.1) is 38.7 Å². The Labute approximate surface area is 139 Å². The summed E-state index contributed by atoms with van der Waals surface area (Å²) in [5.41, 5.74) is 0.673. The van der Waals surface area contributed by atoms with Crippen molar-refractivity contribution in [1.29, 1.82) is 0 Å².